The molecule has 0 bridgehead atoms. The largest absolute Gasteiger partial charge is 0.396 e. The van der Waals surface area contributed by atoms with Crippen LogP contribution in [0.3, 0.4) is 0 Å². The second-order valence-corrected chi connectivity index (χ2v) is 3.26. The standard InChI is InChI=1S/C12H16O/c1-11(9-10-13)7-8-12-5-3-2-4-6-12/h2-8,11,13H,9-10H2,1H3/b8-7-. The van der Waals surface area contributed by atoms with E-state index < -0.39 is 0 Å². The van der Waals surface area contributed by atoms with Crippen molar-refractivity contribution < 1.29 is 5.11 Å². The van der Waals surface area contributed by atoms with Gasteiger partial charge in [0.25, 0.3) is 0 Å². The van der Waals surface area contributed by atoms with Gasteiger partial charge in [-0.3, -0.25) is 0 Å². The van der Waals surface area contributed by atoms with E-state index in [4.69, 9.17) is 5.11 Å². The highest BCUT2D eigenvalue weighted by Gasteiger charge is 1.93. The Balaban J connectivity index is 2.49. The summed E-state index contributed by atoms with van der Waals surface area (Å²) in [6, 6.07) is 10.2. The Morgan fingerprint density at radius 2 is 2.00 bits per heavy atom. The highest BCUT2D eigenvalue weighted by atomic mass is 16.2. The molecule has 0 fully saturated rings. The summed E-state index contributed by atoms with van der Waals surface area (Å²) in [6.45, 7) is 2.37. The molecule has 0 aliphatic rings. The number of aliphatic hydroxyl groups excluding tert-OH is 1. The van der Waals surface area contributed by atoms with Gasteiger partial charge in [-0.15, -0.1) is 0 Å². The van der Waals surface area contributed by atoms with E-state index in [0.717, 1.165) is 6.42 Å². The Kier molecular flexibility index (Phi) is 4.27. The normalized spacial score (nSPS) is 13.4. The predicted octanol–water partition coefficient (Wildman–Crippen LogP) is 2.72. The third kappa shape index (κ3) is 3.90. The molecule has 0 heterocycles. The summed E-state index contributed by atoms with van der Waals surface area (Å²) in [7, 11) is 0. The molecule has 0 saturated heterocycles. The van der Waals surface area contributed by atoms with Crippen LogP contribution in [-0.2, 0) is 0 Å². The molecule has 0 aliphatic heterocycles. The Labute approximate surface area is 79.7 Å². The lowest BCUT2D eigenvalue weighted by Gasteiger charge is -2.01. The van der Waals surface area contributed by atoms with Crippen molar-refractivity contribution >= 4 is 6.08 Å². The van der Waals surface area contributed by atoms with E-state index in [0.29, 0.717) is 5.92 Å². The van der Waals surface area contributed by atoms with Crippen molar-refractivity contribution in [2.45, 2.75) is 13.3 Å². The van der Waals surface area contributed by atoms with Gasteiger partial charge in [0.2, 0.25) is 0 Å². The lowest BCUT2D eigenvalue weighted by atomic mass is 10.1. The minimum Gasteiger partial charge on any atom is -0.396 e. The van der Waals surface area contributed by atoms with Gasteiger partial charge in [-0.2, -0.15) is 0 Å². The highest BCUT2D eigenvalue weighted by Crippen LogP contribution is 2.07. The van der Waals surface area contributed by atoms with E-state index in [-0.39, 0.29) is 6.61 Å². The van der Waals surface area contributed by atoms with Crippen molar-refractivity contribution in [2.75, 3.05) is 6.61 Å². The van der Waals surface area contributed by atoms with Crippen LogP contribution in [0.2, 0.25) is 0 Å². The smallest absolute Gasteiger partial charge is 0.0436 e. The monoisotopic (exact) mass is 176 g/mol. The van der Waals surface area contributed by atoms with E-state index in [1.54, 1.807) is 0 Å². The van der Waals surface area contributed by atoms with Gasteiger partial charge in [0, 0.05) is 6.61 Å². The summed E-state index contributed by atoms with van der Waals surface area (Å²) < 4.78 is 0. The number of aliphatic hydroxyl groups is 1. The zero-order valence-electron chi connectivity index (χ0n) is 7.98. The number of allylic oxidation sites excluding steroid dienone is 1. The molecule has 0 radical (unpaired) electrons. The highest BCUT2D eigenvalue weighted by molar-refractivity contribution is 5.48. The molecule has 70 valence electrons. The molecule has 1 heteroatoms. The van der Waals surface area contributed by atoms with Gasteiger partial charge < -0.3 is 5.11 Å². The van der Waals surface area contributed by atoms with Crippen molar-refractivity contribution in [1.82, 2.24) is 0 Å². The molecule has 1 aromatic rings. The second kappa shape index (κ2) is 5.55. The minimum atomic E-state index is 0.264. The topological polar surface area (TPSA) is 20.2 Å². The van der Waals surface area contributed by atoms with Crippen LogP contribution in [0.4, 0.5) is 0 Å². The molecule has 13 heavy (non-hydrogen) atoms. The molecule has 1 atom stereocenters. The van der Waals surface area contributed by atoms with Crippen molar-refractivity contribution in [3.8, 4) is 0 Å². The van der Waals surface area contributed by atoms with Crippen LogP contribution in [-0.4, -0.2) is 11.7 Å². The molecule has 1 nitrogen and oxygen atoms in total. The van der Waals surface area contributed by atoms with Crippen molar-refractivity contribution in [1.29, 1.82) is 0 Å². The Bertz CT molecular complexity index is 251. The molecule has 1 aromatic carbocycles. The number of benzene rings is 1. The summed E-state index contributed by atoms with van der Waals surface area (Å²) in [4.78, 5) is 0. The fourth-order valence-electron chi connectivity index (χ4n) is 1.14. The zero-order chi connectivity index (χ0) is 9.52. The van der Waals surface area contributed by atoms with Crippen molar-refractivity contribution in [2.24, 2.45) is 5.92 Å². The Morgan fingerprint density at radius 3 is 2.62 bits per heavy atom. The van der Waals surface area contributed by atoms with Gasteiger partial charge >= 0.3 is 0 Å². The quantitative estimate of drug-likeness (QED) is 0.747. The first-order valence-electron chi connectivity index (χ1n) is 4.67. The Morgan fingerprint density at radius 1 is 1.31 bits per heavy atom. The first kappa shape index (κ1) is 10.0. The fourth-order valence-corrected chi connectivity index (χ4v) is 1.14. The molecule has 0 aromatic heterocycles. The van der Waals surface area contributed by atoms with Crippen LogP contribution < -0.4 is 0 Å². The van der Waals surface area contributed by atoms with Crippen LogP contribution in [0.1, 0.15) is 18.9 Å². The fraction of sp³-hybridized carbons (Fsp3) is 0.333. The van der Waals surface area contributed by atoms with Crippen LogP contribution in [0, 0.1) is 5.92 Å². The molecule has 0 aliphatic carbocycles. The van der Waals surface area contributed by atoms with E-state index in [9.17, 15) is 0 Å². The number of hydrogen-bond donors (Lipinski definition) is 1. The van der Waals surface area contributed by atoms with Gasteiger partial charge in [0.1, 0.15) is 0 Å². The van der Waals surface area contributed by atoms with Crippen LogP contribution in [0.5, 0.6) is 0 Å². The van der Waals surface area contributed by atoms with Gasteiger partial charge in [0.15, 0.2) is 0 Å². The summed E-state index contributed by atoms with van der Waals surface area (Å²) in [5.74, 6) is 0.449. The van der Waals surface area contributed by atoms with Crippen molar-refractivity contribution in [3.63, 3.8) is 0 Å². The molecule has 1 unspecified atom stereocenters. The van der Waals surface area contributed by atoms with Crippen molar-refractivity contribution in [3.05, 3.63) is 42.0 Å². The van der Waals surface area contributed by atoms with E-state index in [1.165, 1.54) is 5.56 Å². The average molecular weight is 176 g/mol. The second-order valence-electron chi connectivity index (χ2n) is 3.26. The van der Waals surface area contributed by atoms with Gasteiger partial charge in [-0.1, -0.05) is 49.4 Å². The van der Waals surface area contributed by atoms with Gasteiger partial charge in [-0.25, -0.2) is 0 Å². The maximum Gasteiger partial charge on any atom is 0.0436 e. The maximum atomic E-state index is 8.70. The molecule has 1 N–H and O–H groups in total. The third-order valence-corrected chi connectivity index (χ3v) is 2.00. The SMILES string of the molecule is CC(/C=C\c1ccccc1)CCO. The van der Waals surface area contributed by atoms with E-state index in [2.05, 4.69) is 31.2 Å². The molecular formula is C12H16O. The Hall–Kier alpha value is -1.08. The lowest BCUT2D eigenvalue weighted by Crippen LogP contribution is -1.92. The third-order valence-electron chi connectivity index (χ3n) is 2.00. The number of rotatable bonds is 4. The van der Waals surface area contributed by atoms with Crippen LogP contribution >= 0.6 is 0 Å². The molecular weight excluding hydrogens is 160 g/mol. The summed E-state index contributed by atoms with van der Waals surface area (Å²) in [6.07, 6.45) is 5.06. The molecule has 1 rings (SSSR count). The predicted molar refractivity (Wildman–Crippen MR) is 56.3 cm³/mol. The van der Waals surface area contributed by atoms with E-state index in [1.807, 2.05) is 18.2 Å². The summed E-state index contributed by atoms with van der Waals surface area (Å²) >= 11 is 0. The lowest BCUT2D eigenvalue weighted by molar-refractivity contribution is 0.274. The molecule has 0 saturated carbocycles. The number of hydrogen-bond acceptors (Lipinski definition) is 1. The first-order chi connectivity index (χ1) is 6.33. The summed E-state index contributed by atoms with van der Waals surface area (Å²) in [5.41, 5.74) is 1.22. The van der Waals surface area contributed by atoms with E-state index >= 15 is 0 Å². The zero-order valence-corrected chi connectivity index (χ0v) is 7.98. The molecule has 0 amide bonds. The summed E-state index contributed by atoms with van der Waals surface area (Å²) in [5, 5.41) is 8.70. The average Bonchev–Trinajstić information content (AvgIpc) is 2.17. The molecule has 0 spiro atoms. The van der Waals surface area contributed by atoms with Gasteiger partial charge in [-0.05, 0) is 17.9 Å². The minimum absolute atomic E-state index is 0.264. The maximum absolute atomic E-state index is 8.70. The van der Waals surface area contributed by atoms with Crippen LogP contribution in [0.25, 0.3) is 6.08 Å². The van der Waals surface area contributed by atoms with Crippen LogP contribution in [0.15, 0.2) is 36.4 Å². The van der Waals surface area contributed by atoms with Gasteiger partial charge in [0.05, 0.1) is 0 Å². The first-order valence-corrected chi connectivity index (χ1v) is 4.67.